The Kier molecular flexibility index (Phi) is 3.33. The van der Waals surface area contributed by atoms with Crippen LogP contribution < -0.4 is 10.4 Å². The lowest BCUT2D eigenvalue weighted by Gasteiger charge is -2.07. The van der Waals surface area contributed by atoms with E-state index < -0.39 is 11.9 Å². The Labute approximate surface area is 103 Å². The molecule has 2 aromatic rings. The van der Waals surface area contributed by atoms with Gasteiger partial charge in [-0.05, 0) is 29.8 Å². The third kappa shape index (κ3) is 2.70. The van der Waals surface area contributed by atoms with Gasteiger partial charge in [-0.3, -0.25) is 9.78 Å². The van der Waals surface area contributed by atoms with Crippen LogP contribution in [0.15, 0.2) is 48.7 Å². The third-order valence-electron chi connectivity index (χ3n) is 2.25. The Morgan fingerprint density at radius 2 is 1.94 bits per heavy atom. The van der Waals surface area contributed by atoms with Crippen LogP contribution in [0.5, 0.6) is 0 Å². The SMILES string of the molecule is O=C([O-])c1cccc(NC(=O)c2ccccn2)c1. The van der Waals surface area contributed by atoms with E-state index in [1.807, 2.05) is 0 Å². The van der Waals surface area contributed by atoms with E-state index in [0.717, 1.165) is 0 Å². The number of carbonyl (C=O) groups excluding carboxylic acids is 2. The molecule has 0 fully saturated rings. The highest BCUT2D eigenvalue weighted by molar-refractivity contribution is 6.03. The summed E-state index contributed by atoms with van der Waals surface area (Å²) in [6.07, 6.45) is 1.51. The Balaban J connectivity index is 2.17. The van der Waals surface area contributed by atoms with Gasteiger partial charge in [-0.1, -0.05) is 18.2 Å². The highest BCUT2D eigenvalue weighted by atomic mass is 16.4. The van der Waals surface area contributed by atoms with Crippen molar-refractivity contribution >= 4 is 17.6 Å². The topological polar surface area (TPSA) is 82.1 Å². The number of carbonyl (C=O) groups is 2. The molecule has 2 rings (SSSR count). The van der Waals surface area contributed by atoms with Gasteiger partial charge in [-0.2, -0.15) is 0 Å². The molecule has 1 aromatic heterocycles. The van der Waals surface area contributed by atoms with E-state index in [9.17, 15) is 14.7 Å². The molecule has 0 saturated heterocycles. The molecule has 5 heteroatoms. The average Bonchev–Trinajstić information content (AvgIpc) is 2.40. The van der Waals surface area contributed by atoms with Gasteiger partial charge in [0.05, 0.1) is 5.97 Å². The summed E-state index contributed by atoms with van der Waals surface area (Å²) in [6.45, 7) is 0. The number of anilines is 1. The van der Waals surface area contributed by atoms with Crippen LogP contribution in [0, 0.1) is 0 Å². The molecule has 0 radical (unpaired) electrons. The monoisotopic (exact) mass is 241 g/mol. The van der Waals surface area contributed by atoms with E-state index in [0.29, 0.717) is 5.69 Å². The fraction of sp³-hybridized carbons (Fsp3) is 0. The minimum atomic E-state index is -1.29. The van der Waals surface area contributed by atoms with Gasteiger partial charge >= 0.3 is 0 Å². The molecule has 0 atom stereocenters. The first-order valence-corrected chi connectivity index (χ1v) is 5.20. The maximum atomic E-state index is 11.8. The molecule has 5 nitrogen and oxygen atoms in total. The Morgan fingerprint density at radius 3 is 2.61 bits per heavy atom. The first-order chi connectivity index (χ1) is 8.66. The van der Waals surface area contributed by atoms with Crippen LogP contribution in [0.4, 0.5) is 5.69 Å². The van der Waals surface area contributed by atoms with Crippen LogP contribution in [0.2, 0.25) is 0 Å². The second-order valence-electron chi connectivity index (χ2n) is 3.54. The van der Waals surface area contributed by atoms with Crippen LogP contribution in [0.25, 0.3) is 0 Å². The lowest BCUT2D eigenvalue weighted by Crippen LogP contribution is -2.22. The fourth-order valence-electron chi connectivity index (χ4n) is 1.42. The van der Waals surface area contributed by atoms with Crippen molar-refractivity contribution in [2.24, 2.45) is 0 Å². The largest absolute Gasteiger partial charge is 0.545 e. The summed E-state index contributed by atoms with van der Waals surface area (Å²) in [5, 5.41) is 13.2. The van der Waals surface area contributed by atoms with E-state index in [-0.39, 0.29) is 11.3 Å². The number of nitrogens with one attached hydrogen (secondary N) is 1. The van der Waals surface area contributed by atoms with Crippen molar-refractivity contribution in [3.63, 3.8) is 0 Å². The summed E-state index contributed by atoms with van der Waals surface area (Å²) in [5.74, 6) is -1.69. The molecule has 1 amide bonds. The number of hydrogen-bond donors (Lipinski definition) is 1. The Morgan fingerprint density at radius 1 is 1.11 bits per heavy atom. The number of carboxylic acids is 1. The maximum Gasteiger partial charge on any atom is 0.274 e. The molecule has 0 unspecified atom stereocenters. The number of carboxylic acid groups (broad SMARTS) is 1. The van der Waals surface area contributed by atoms with E-state index in [1.165, 1.54) is 24.4 Å². The zero-order chi connectivity index (χ0) is 13.0. The van der Waals surface area contributed by atoms with Crippen LogP contribution >= 0.6 is 0 Å². The number of benzene rings is 1. The zero-order valence-corrected chi connectivity index (χ0v) is 9.29. The zero-order valence-electron chi connectivity index (χ0n) is 9.29. The van der Waals surface area contributed by atoms with Crippen LogP contribution in [0.1, 0.15) is 20.8 Å². The number of rotatable bonds is 3. The predicted octanol–water partition coefficient (Wildman–Crippen LogP) is 0.697. The van der Waals surface area contributed by atoms with Gasteiger partial charge in [-0.15, -0.1) is 0 Å². The van der Waals surface area contributed by atoms with Gasteiger partial charge in [0, 0.05) is 11.9 Å². The molecule has 1 heterocycles. The molecule has 18 heavy (non-hydrogen) atoms. The van der Waals surface area contributed by atoms with E-state index >= 15 is 0 Å². The molecule has 90 valence electrons. The molecule has 0 aliphatic carbocycles. The van der Waals surface area contributed by atoms with Gasteiger partial charge in [0.25, 0.3) is 5.91 Å². The van der Waals surface area contributed by atoms with Crippen LogP contribution in [0.3, 0.4) is 0 Å². The van der Waals surface area contributed by atoms with Crippen molar-refractivity contribution in [3.8, 4) is 0 Å². The number of hydrogen-bond acceptors (Lipinski definition) is 4. The Hall–Kier alpha value is -2.69. The van der Waals surface area contributed by atoms with Gasteiger partial charge in [0.2, 0.25) is 0 Å². The molecule has 0 bridgehead atoms. The first-order valence-electron chi connectivity index (χ1n) is 5.20. The quantitative estimate of drug-likeness (QED) is 0.857. The first kappa shape index (κ1) is 11.8. The Bertz CT molecular complexity index is 582. The van der Waals surface area contributed by atoms with Crippen molar-refractivity contribution in [3.05, 3.63) is 59.9 Å². The minimum Gasteiger partial charge on any atom is -0.545 e. The number of pyridine rings is 1. The maximum absolute atomic E-state index is 11.8. The van der Waals surface area contributed by atoms with Gasteiger partial charge in [0.1, 0.15) is 5.69 Å². The van der Waals surface area contributed by atoms with Gasteiger partial charge in [-0.25, -0.2) is 0 Å². The fourth-order valence-corrected chi connectivity index (χ4v) is 1.42. The average molecular weight is 241 g/mol. The third-order valence-corrected chi connectivity index (χ3v) is 2.25. The van der Waals surface area contributed by atoms with E-state index in [2.05, 4.69) is 10.3 Å². The van der Waals surface area contributed by atoms with Gasteiger partial charge in [0.15, 0.2) is 0 Å². The van der Waals surface area contributed by atoms with Gasteiger partial charge < -0.3 is 15.2 Å². The van der Waals surface area contributed by atoms with Crippen molar-refractivity contribution in [1.29, 1.82) is 0 Å². The normalized spacial score (nSPS) is 9.78. The summed E-state index contributed by atoms with van der Waals surface area (Å²) >= 11 is 0. The summed E-state index contributed by atoms with van der Waals surface area (Å²) in [5.41, 5.74) is 0.650. The molecule has 0 aliphatic heterocycles. The van der Waals surface area contributed by atoms with E-state index in [4.69, 9.17) is 0 Å². The molecule has 1 N–H and O–H groups in total. The molecule has 0 spiro atoms. The van der Waals surface area contributed by atoms with Crippen LogP contribution in [-0.2, 0) is 0 Å². The predicted molar refractivity (Wildman–Crippen MR) is 63.0 cm³/mol. The lowest BCUT2D eigenvalue weighted by molar-refractivity contribution is -0.255. The molecular formula is C13H9N2O3-. The van der Waals surface area contributed by atoms with Crippen molar-refractivity contribution in [1.82, 2.24) is 4.98 Å². The number of amides is 1. The standard InChI is InChI=1S/C13H10N2O3/c16-12(11-6-1-2-7-14-11)15-10-5-3-4-9(8-10)13(17)18/h1-8H,(H,15,16)(H,17,18)/p-1. The smallest absolute Gasteiger partial charge is 0.274 e. The summed E-state index contributed by atoms with van der Waals surface area (Å²) in [7, 11) is 0. The lowest BCUT2D eigenvalue weighted by atomic mass is 10.2. The van der Waals surface area contributed by atoms with Crippen molar-refractivity contribution in [2.45, 2.75) is 0 Å². The van der Waals surface area contributed by atoms with E-state index in [1.54, 1.807) is 24.3 Å². The molecule has 1 aromatic carbocycles. The molecule has 0 aliphatic rings. The second kappa shape index (κ2) is 5.09. The highest BCUT2D eigenvalue weighted by Crippen LogP contribution is 2.11. The second-order valence-corrected chi connectivity index (χ2v) is 3.54. The van der Waals surface area contributed by atoms with Crippen LogP contribution in [-0.4, -0.2) is 16.9 Å². The molecule has 0 saturated carbocycles. The van der Waals surface area contributed by atoms with Crippen molar-refractivity contribution in [2.75, 3.05) is 5.32 Å². The summed E-state index contributed by atoms with van der Waals surface area (Å²) < 4.78 is 0. The minimum absolute atomic E-state index is 0.00817. The molecular weight excluding hydrogens is 232 g/mol. The van der Waals surface area contributed by atoms with Crippen molar-refractivity contribution < 1.29 is 14.7 Å². The number of nitrogens with zero attached hydrogens (tertiary/aromatic N) is 1. The number of aromatic carboxylic acids is 1. The summed E-state index contributed by atoms with van der Waals surface area (Å²) in [6, 6.07) is 10.8. The highest BCUT2D eigenvalue weighted by Gasteiger charge is 2.06. The number of aromatic nitrogens is 1. The summed E-state index contributed by atoms with van der Waals surface area (Å²) in [4.78, 5) is 26.3.